The van der Waals surface area contributed by atoms with E-state index in [0.29, 0.717) is 5.69 Å². The van der Waals surface area contributed by atoms with Crippen molar-refractivity contribution in [1.82, 2.24) is 10.3 Å². The molecule has 4 nitrogen and oxygen atoms in total. The lowest BCUT2D eigenvalue weighted by atomic mass is 10.2. The molecule has 2 aromatic heterocycles. The van der Waals surface area contributed by atoms with Crippen LogP contribution in [-0.4, -0.2) is 17.9 Å². The molecule has 0 aliphatic carbocycles. The average Bonchev–Trinajstić information content (AvgIpc) is 2.75. The Morgan fingerprint density at radius 1 is 1.37 bits per heavy atom. The van der Waals surface area contributed by atoms with Crippen molar-refractivity contribution in [3.8, 4) is 0 Å². The summed E-state index contributed by atoms with van der Waals surface area (Å²) in [5.41, 5.74) is 2.64. The Labute approximate surface area is 116 Å². The average molecular weight is 275 g/mol. The molecule has 0 radical (unpaired) electrons. The van der Waals surface area contributed by atoms with Crippen molar-refractivity contribution in [3.05, 3.63) is 45.4 Å². The Morgan fingerprint density at radius 2 is 2.16 bits per heavy atom. The number of aryl methyl sites for hydroxylation is 2. The first-order chi connectivity index (χ1) is 9.10. The molecule has 0 aliphatic heterocycles. The van der Waals surface area contributed by atoms with Gasteiger partial charge in [0.25, 0.3) is 5.91 Å². The highest BCUT2D eigenvalue weighted by molar-refractivity contribution is 7.12. The van der Waals surface area contributed by atoms with E-state index >= 15 is 0 Å². The van der Waals surface area contributed by atoms with Crippen molar-refractivity contribution in [3.63, 3.8) is 0 Å². The molecule has 5 heteroatoms. The number of amides is 1. The van der Waals surface area contributed by atoms with Crippen LogP contribution in [-0.2, 0) is 6.54 Å². The summed E-state index contributed by atoms with van der Waals surface area (Å²) in [4.78, 5) is 18.2. The summed E-state index contributed by atoms with van der Waals surface area (Å²) in [6.45, 7) is 5.00. The van der Waals surface area contributed by atoms with E-state index in [2.05, 4.69) is 35.5 Å². The molecule has 2 N–H and O–H groups in total. The molecule has 0 unspecified atom stereocenters. The molecule has 19 heavy (non-hydrogen) atoms. The third-order valence-corrected chi connectivity index (χ3v) is 4.06. The molecule has 0 aromatic carbocycles. The van der Waals surface area contributed by atoms with Gasteiger partial charge in [-0.2, -0.15) is 0 Å². The van der Waals surface area contributed by atoms with E-state index in [-0.39, 0.29) is 5.91 Å². The molecule has 1 amide bonds. The number of pyridine rings is 1. The predicted octanol–water partition coefficient (Wildman–Crippen LogP) is 2.73. The van der Waals surface area contributed by atoms with Gasteiger partial charge in [-0.25, -0.2) is 0 Å². The number of carbonyl (C=O) groups excluding carboxylic acids is 1. The van der Waals surface area contributed by atoms with Crippen LogP contribution in [0.25, 0.3) is 0 Å². The maximum Gasteiger partial charge on any atom is 0.269 e. The van der Waals surface area contributed by atoms with Gasteiger partial charge in [0.05, 0.1) is 0 Å². The highest BCUT2D eigenvalue weighted by Crippen LogP contribution is 2.21. The van der Waals surface area contributed by atoms with Gasteiger partial charge >= 0.3 is 0 Å². The zero-order valence-electron chi connectivity index (χ0n) is 11.3. The third-order valence-electron chi connectivity index (χ3n) is 2.90. The highest BCUT2D eigenvalue weighted by Gasteiger charge is 2.06. The number of rotatable bonds is 4. The fourth-order valence-electron chi connectivity index (χ4n) is 1.72. The Kier molecular flexibility index (Phi) is 4.16. The van der Waals surface area contributed by atoms with Crippen molar-refractivity contribution in [1.29, 1.82) is 0 Å². The van der Waals surface area contributed by atoms with Crippen LogP contribution in [0.3, 0.4) is 0 Å². The zero-order chi connectivity index (χ0) is 13.8. The van der Waals surface area contributed by atoms with E-state index in [1.165, 1.54) is 15.3 Å². The molecular weight excluding hydrogens is 258 g/mol. The Hall–Kier alpha value is -1.88. The molecule has 2 heterocycles. The highest BCUT2D eigenvalue weighted by atomic mass is 32.1. The first-order valence-electron chi connectivity index (χ1n) is 6.08. The fraction of sp³-hybridized carbons (Fsp3) is 0.286. The molecule has 0 saturated carbocycles. The van der Waals surface area contributed by atoms with Gasteiger partial charge in [0, 0.05) is 35.2 Å². The van der Waals surface area contributed by atoms with E-state index in [0.717, 1.165) is 12.2 Å². The first kappa shape index (κ1) is 13.5. The van der Waals surface area contributed by atoms with Gasteiger partial charge in [0.15, 0.2) is 0 Å². The van der Waals surface area contributed by atoms with Gasteiger partial charge in [-0.15, -0.1) is 11.3 Å². The number of thiophene rings is 1. The minimum Gasteiger partial charge on any atom is -0.380 e. The monoisotopic (exact) mass is 275 g/mol. The molecule has 0 bridgehead atoms. The summed E-state index contributed by atoms with van der Waals surface area (Å²) in [5.74, 6) is -0.175. The molecule has 0 aliphatic rings. The van der Waals surface area contributed by atoms with Crippen LogP contribution in [0.15, 0.2) is 24.4 Å². The predicted molar refractivity (Wildman–Crippen MR) is 78.7 cm³/mol. The van der Waals surface area contributed by atoms with Gasteiger partial charge in [0.1, 0.15) is 5.69 Å². The summed E-state index contributed by atoms with van der Waals surface area (Å²) in [6.07, 6.45) is 1.64. The molecular formula is C14H17N3OS. The number of hydrogen-bond donors (Lipinski definition) is 2. The van der Waals surface area contributed by atoms with E-state index in [1.807, 2.05) is 6.07 Å². The van der Waals surface area contributed by atoms with Gasteiger partial charge < -0.3 is 10.6 Å². The third kappa shape index (κ3) is 3.32. The minimum atomic E-state index is -0.175. The van der Waals surface area contributed by atoms with E-state index < -0.39 is 0 Å². The quantitative estimate of drug-likeness (QED) is 0.902. The van der Waals surface area contributed by atoms with Crippen LogP contribution >= 0.6 is 11.3 Å². The number of carbonyl (C=O) groups is 1. The van der Waals surface area contributed by atoms with Crippen molar-refractivity contribution in [2.24, 2.45) is 0 Å². The van der Waals surface area contributed by atoms with Crippen molar-refractivity contribution in [2.45, 2.75) is 20.4 Å². The molecule has 100 valence electrons. The summed E-state index contributed by atoms with van der Waals surface area (Å²) >= 11 is 1.79. The Bertz CT molecular complexity index is 573. The summed E-state index contributed by atoms with van der Waals surface area (Å²) in [5, 5.41) is 5.88. The van der Waals surface area contributed by atoms with Gasteiger partial charge in [0.2, 0.25) is 0 Å². The topological polar surface area (TPSA) is 54.0 Å². The maximum absolute atomic E-state index is 11.5. The maximum atomic E-state index is 11.5. The second-order valence-corrected chi connectivity index (χ2v) is 5.66. The molecule has 0 saturated heterocycles. The normalized spacial score (nSPS) is 10.3. The number of nitrogens with one attached hydrogen (secondary N) is 2. The van der Waals surface area contributed by atoms with Crippen LogP contribution in [0.1, 0.15) is 25.8 Å². The molecule has 2 aromatic rings. The second kappa shape index (κ2) is 5.84. The van der Waals surface area contributed by atoms with Crippen molar-refractivity contribution < 1.29 is 4.79 Å². The van der Waals surface area contributed by atoms with Gasteiger partial charge in [-0.3, -0.25) is 9.78 Å². The molecule has 2 rings (SSSR count). The van der Waals surface area contributed by atoms with Crippen LogP contribution in [0.4, 0.5) is 5.69 Å². The summed E-state index contributed by atoms with van der Waals surface area (Å²) < 4.78 is 0. The lowest BCUT2D eigenvalue weighted by Crippen LogP contribution is -2.19. The summed E-state index contributed by atoms with van der Waals surface area (Å²) in [6, 6.07) is 5.81. The van der Waals surface area contributed by atoms with E-state index in [4.69, 9.17) is 0 Å². The minimum absolute atomic E-state index is 0.175. The lowest BCUT2D eigenvalue weighted by Gasteiger charge is -2.06. The zero-order valence-corrected chi connectivity index (χ0v) is 12.1. The van der Waals surface area contributed by atoms with Crippen LogP contribution in [0.2, 0.25) is 0 Å². The molecule has 0 fully saturated rings. The van der Waals surface area contributed by atoms with Crippen LogP contribution in [0, 0.1) is 13.8 Å². The number of anilines is 1. The second-order valence-electron chi connectivity index (χ2n) is 4.31. The van der Waals surface area contributed by atoms with Gasteiger partial charge in [-0.05, 0) is 37.6 Å². The Balaban J connectivity index is 2.05. The van der Waals surface area contributed by atoms with Gasteiger partial charge in [-0.1, -0.05) is 0 Å². The van der Waals surface area contributed by atoms with Crippen molar-refractivity contribution in [2.75, 3.05) is 12.4 Å². The molecule has 0 spiro atoms. The molecule has 0 atom stereocenters. The smallest absolute Gasteiger partial charge is 0.269 e. The fourth-order valence-corrected chi connectivity index (χ4v) is 2.71. The number of aromatic nitrogens is 1. The van der Waals surface area contributed by atoms with Crippen LogP contribution in [0.5, 0.6) is 0 Å². The largest absolute Gasteiger partial charge is 0.380 e. The first-order valence-corrected chi connectivity index (χ1v) is 6.89. The number of nitrogens with zero attached hydrogens (tertiary/aromatic N) is 1. The van der Waals surface area contributed by atoms with Crippen molar-refractivity contribution >= 4 is 22.9 Å². The van der Waals surface area contributed by atoms with Crippen LogP contribution < -0.4 is 10.6 Å². The Morgan fingerprint density at radius 3 is 2.79 bits per heavy atom. The van der Waals surface area contributed by atoms with E-state index in [9.17, 15) is 4.79 Å². The standard InChI is InChI=1S/C14H17N3OS/c1-9-6-12(19-10(9)2)8-17-11-4-5-16-13(7-11)14(18)15-3/h4-7H,8H2,1-3H3,(H,15,18)(H,16,17). The number of hydrogen-bond acceptors (Lipinski definition) is 4. The lowest BCUT2D eigenvalue weighted by molar-refractivity contribution is 0.0958. The SMILES string of the molecule is CNC(=O)c1cc(NCc2cc(C)c(C)s2)ccn1. The van der Waals surface area contributed by atoms with E-state index in [1.54, 1.807) is 30.6 Å². The summed E-state index contributed by atoms with van der Waals surface area (Å²) in [7, 11) is 1.60.